The van der Waals surface area contributed by atoms with Crippen LogP contribution >= 0.6 is 24.8 Å². The highest BCUT2D eigenvalue weighted by atomic mass is 35.5. The summed E-state index contributed by atoms with van der Waals surface area (Å²) in [5.74, 6) is -0.418. The topological polar surface area (TPSA) is 70.1 Å². The van der Waals surface area contributed by atoms with Crippen LogP contribution in [0, 0.1) is 6.92 Å². The minimum atomic E-state index is -0.418. The van der Waals surface area contributed by atoms with Crippen LogP contribution in [0.25, 0.3) is 0 Å². The molecule has 0 aliphatic heterocycles. The number of nitrogens with zero attached hydrogens (tertiary/aromatic N) is 2. The highest BCUT2D eigenvalue weighted by Gasteiger charge is 2.11. The third-order valence-corrected chi connectivity index (χ3v) is 1.72. The zero-order chi connectivity index (χ0) is 9.84. The molecule has 7 heteroatoms. The van der Waals surface area contributed by atoms with Crippen molar-refractivity contribution >= 4 is 30.8 Å². The Hall–Kier alpha value is -0.780. The molecule has 1 aromatic heterocycles. The van der Waals surface area contributed by atoms with E-state index in [9.17, 15) is 4.79 Å². The standard InChI is InChI=1S/C8H13N3O2.2ClH/c1-6-5-7(8(12)13-2)10-11(6)4-3-9;;/h5H,3-4,9H2,1-2H3;2*1H. The van der Waals surface area contributed by atoms with Crippen molar-refractivity contribution in [2.24, 2.45) is 5.73 Å². The third-order valence-electron chi connectivity index (χ3n) is 1.72. The van der Waals surface area contributed by atoms with Gasteiger partial charge < -0.3 is 10.5 Å². The monoisotopic (exact) mass is 255 g/mol. The Balaban J connectivity index is 0. The van der Waals surface area contributed by atoms with Crippen LogP contribution in [0.5, 0.6) is 0 Å². The zero-order valence-corrected chi connectivity index (χ0v) is 10.2. The Morgan fingerprint density at radius 2 is 2.20 bits per heavy atom. The molecule has 0 aliphatic carbocycles. The number of carbonyl (C=O) groups is 1. The summed E-state index contributed by atoms with van der Waals surface area (Å²) in [6.07, 6.45) is 0. The van der Waals surface area contributed by atoms with Gasteiger partial charge in [-0.2, -0.15) is 5.10 Å². The maximum absolute atomic E-state index is 11.1. The van der Waals surface area contributed by atoms with Crippen LogP contribution in [-0.2, 0) is 11.3 Å². The molecule has 0 amide bonds. The first-order valence-corrected chi connectivity index (χ1v) is 4.02. The van der Waals surface area contributed by atoms with Gasteiger partial charge in [0.25, 0.3) is 0 Å². The number of nitrogens with two attached hydrogens (primary N) is 1. The lowest BCUT2D eigenvalue weighted by Crippen LogP contribution is -2.13. The van der Waals surface area contributed by atoms with E-state index in [1.54, 1.807) is 10.7 Å². The van der Waals surface area contributed by atoms with Gasteiger partial charge in [0.15, 0.2) is 5.69 Å². The predicted molar refractivity (Wildman–Crippen MR) is 61.9 cm³/mol. The van der Waals surface area contributed by atoms with Crippen LogP contribution in [0.2, 0.25) is 0 Å². The van der Waals surface area contributed by atoms with E-state index in [0.29, 0.717) is 18.8 Å². The van der Waals surface area contributed by atoms with Gasteiger partial charge in [0.2, 0.25) is 0 Å². The maximum Gasteiger partial charge on any atom is 0.358 e. The molecule has 15 heavy (non-hydrogen) atoms. The number of aryl methyl sites for hydroxylation is 1. The van der Waals surface area contributed by atoms with Crippen LogP contribution in [-0.4, -0.2) is 29.4 Å². The maximum atomic E-state index is 11.1. The smallest absolute Gasteiger partial charge is 0.358 e. The van der Waals surface area contributed by atoms with Gasteiger partial charge in [-0.1, -0.05) is 0 Å². The Labute approximate surface area is 101 Å². The van der Waals surface area contributed by atoms with Crippen LogP contribution in [0.4, 0.5) is 0 Å². The number of aromatic nitrogens is 2. The summed E-state index contributed by atoms with van der Waals surface area (Å²) < 4.78 is 6.22. The first-order chi connectivity index (χ1) is 6.19. The summed E-state index contributed by atoms with van der Waals surface area (Å²) in [5.41, 5.74) is 6.61. The number of ether oxygens (including phenoxy) is 1. The van der Waals surface area contributed by atoms with Gasteiger partial charge in [-0.05, 0) is 13.0 Å². The highest BCUT2D eigenvalue weighted by molar-refractivity contribution is 5.87. The summed E-state index contributed by atoms with van der Waals surface area (Å²) in [5, 5.41) is 4.03. The largest absolute Gasteiger partial charge is 0.464 e. The van der Waals surface area contributed by atoms with Crippen molar-refractivity contribution in [2.75, 3.05) is 13.7 Å². The molecule has 2 N–H and O–H groups in total. The number of esters is 1. The van der Waals surface area contributed by atoms with E-state index >= 15 is 0 Å². The number of halogens is 2. The van der Waals surface area contributed by atoms with E-state index in [-0.39, 0.29) is 24.8 Å². The van der Waals surface area contributed by atoms with Crippen molar-refractivity contribution in [2.45, 2.75) is 13.5 Å². The molecule has 0 bridgehead atoms. The lowest BCUT2D eigenvalue weighted by atomic mass is 10.4. The molecule has 0 radical (unpaired) electrons. The minimum Gasteiger partial charge on any atom is -0.464 e. The van der Waals surface area contributed by atoms with Gasteiger partial charge in [0, 0.05) is 12.2 Å². The number of methoxy groups -OCH3 is 1. The zero-order valence-electron chi connectivity index (χ0n) is 8.60. The van der Waals surface area contributed by atoms with Crippen molar-refractivity contribution < 1.29 is 9.53 Å². The van der Waals surface area contributed by atoms with E-state index in [2.05, 4.69) is 9.84 Å². The second-order valence-electron chi connectivity index (χ2n) is 2.67. The summed E-state index contributed by atoms with van der Waals surface area (Å²) in [7, 11) is 1.33. The van der Waals surface area contributed by atoms with E-state index < -0.39 is 5.97 Å². The molecule has 0 fully saturated rings. The first-order valence-electron chi connectivity index (χ1n) is 4.02. The predicted octanol–water partition coefficient (Wildman–Crippen LogP) is 0.780. The Bertz CT molecular complexity index is 315. The van der Waals surface area contributed by atoms with Gasteiger partial charge in [-0.15, -0.1) is 24.8 Å². The molecule has 0 aliphatic rings. The molecule has 0 unspecified atom stereocenters. The number of carbonyl (C=O) groups excluding carboxylic acids is 1. The summed E-state index contributed by atoms with van der Waals surface area (Å²) in [6, 6.07) is 1.68. The molecule has 0 spiro atoms. The Kier molecular flexibility index (Phi) is 8.33. The molecule has 0 aromatic carbocycles. The lowest BCUT2D eigenvalue weighted by Gasteiger charge is -1.99. The fourth-order valence-electron chi connectivity index (χ4n) is 1.06. The minimum absolute atomic E-state index is 0. The molecule has 5 nitrogen and oxygen atoms in total. The molecule has 1 rings (SSSR count). The Morgan fingerprint density at radius 1 is 1.60 bits per heavy atom. The number of rotatable bonds is 3. The van der Waals surface area contributed by atoms with Crippen LogP contribution in [0.15, 0.2) is 6.07 Å². The molecule has 1 aromatic rings. The summed E-state index contributed by atoms with van der Waals surface area (Å²) >= 11 is 0. The Morgan fingerprint density at radius 3 is 2.67 bits per heavy atom. The average Bonchev–Trinajstić information content (AvgIpc) is 2.47. The van der Waals surface area contributed by atoms with Gasteiger partial charge >= 0.3 is 5.97 Å². The average molecular weight is 256 g/mol. The fraction of sp³-hybridized carbons (Fsp3) is 0.500. The van der Waals surface area contributed by atoms with Crippen molar-refractivity contribution in [1.29, 1.82) is 0 Å². The van der Waals surface area contributed by atoms with Gasteiger partial charge in [-0.25, -0.2) is 4.79 Å². The molecule has 88 valence electrons. The number of hydrogen-bond donors (Lipinski definition) is 1. The van der Waals surface area contributed by atoms with E-state index in [1.165, 1.54) is 7.11 Å². The molecule has 1 heterocycles. The third kappa shape index (κ3) is 4.07. The van der Waals surface area contributed by atoms with Crippen molar-refractivity contribution in [3.63, 3.8) is 0 Å². The van der Waals surface area contributed by atoms with Gasteiger partial charge in [0.05, 0.1) is 13.7 Å². The first kappa shape index (κ1) is 16.6. The highest BCUT2D eigenvalue weighted by Crippen LogP contribution is 2.03. The van der Waals surface area contributed by atoms with Crippen LogP contribution < -0.4 is 5.73 Å². The molecular formula is C8H15Cl2N3O2. The van der Waals surface area contributed by atoms with Crippen molar-refractivity contribution in [1.82, 2.24) is 9.78 Å². The number of hydrogen-bond acceptors (Lipinski definition) is 4. The second kappa shape index (κ2) is 7.50. The van der Waals surface area contributed by atoms with Crippen molar-refractivity contribution in [3.8, 4) is 0 Å². The normalized spacial score (nSPS) is 8.73. The van der Waals surface area contributed by atoms with E-state index in [4.69, 9.17) is 5.73 Å². The second-order valence-corrected chi connectivity index (χ2v) is 2.67. The van der Waals surface area contributed by atoms with Gasteiger partial charge in [0.1, 0.15) is 0 Å². The molecular weight excluding hydrogens is 241 g/mol. The lowest BCUT2D eigenvalue weighted by molar-refractivity contribution is 0.0593. The molecule has 0 saturated heterocycles. The van der Waals surface area contributed by atoms with E-state index in [1.807, 2.05) is 6.92 Å². The molecule has 0 saturated carbocycles. The van der Waals surface area contributed by atoms with Gasteiger partial charge in [-0.3, -0.25) is 4.68 Å². The summed E-state index contributed by atoms with van der Waals surface area (Å²) in [4.78, 5) is 11.1. The fourth-order valence-corrected chi connectivity index (χ4v) is 1.06. The van der Waals surface area contributed by atoms with E-state index in [0.717, 1.165) is 5.69 Å². The van der Waals surface area contributed by atoms with Crippen LogP contribution in [0.1, 0.15) is 16.2 Å². The van der Waals surface area contributed by atoms with Crippen LogP contribution in [0.3, 0.4) is 0 Å². The quantitative estimate of drug-likeness (QED) is 0.811. The molecule has 0 atom stereocenters. The summed E-state index contributed by atoms with van der Waals surface area (Å²) in [6.45, 7) is 2.99. The SMILES string of the molecule is COC(=O)c1cc(C)n(CCN)n1.Cl.Cl. The van der Waals surface area contributed by atoms with Crippen molar-refractivity contribution in [3.05, 3.63) is 17.5 Å².